The minimum atomic E-state index is -4.29. The molecule has 1 aliphatic carbocycles. The van der Waals surface area contributed by atoms with Crippen molar-refractivity contribution in [3.63, 3.8) is 0 Å². The zero-order valence-corrected chi connectivity index (χ0v) is 18.3. The van der Waals surface area contributed by atoms with Gasteiger partial charge in [0, 0.05) is 0 Å². The minimum absolute atomic E-state index is 0.00865. The topological polar surface area (TPSA) is 49.3 Å². The van der Waals surface area contributed by atoms with Crippen LogP contribution in [0.1, 0.15) is 42.4 Å². The molecule has 2 aromatic carbocycles. The summed E-state index contributed by atoms with van der Waals surface area (Å²) in [6.45, 7) is 3.55. The first-order valence-electron chi connectivity index (χ1n) is 10.3. The number of carbonyl (C=O) groups is 1. The fourth-order valence-corrected chi connectivity index (χ4v) is 5.04. The molecule has 0 unspecified atom stereocenters. The number of nitrogens with one attached hydrogen (secondary N) is 1. The highest BCUT2D eigenvalue weighted by Crippen LogP contribution is 2.48. The van der Waals surface area contributed by atoms with E-state index in [1.54, 1.807) is 32.0 Å². The van der Waals surface area contributed by atoms with Crippen LogP contribution in [0.5, 0.6) is 0 Å². The van der Waals surface area contributed by atoms with Gasteiger partial charge in [0.05, 0.1) is 22.1 Å². The van der Waals surface area contributed by atoms with Crippen molar-refractivity contribution in [3.8, 4) is 11.1 Å². The van der Waals surface area contributed by atoms with Gasteiger partial charge in [0.2, 0.25) is 0 Å². The summed E-state index contributed by atoms with van der Waals surface area (Å²) in [6.07, 6.45) is -4.59. The second-order valence-corrected chi connectivity index (χ2v) is 9.04. The molecule has 8 heteroatoms. The maximum absolute atomic E-state index is 14.0. The Labute approximate surface area is 188 Å². The number of amides is 1. The normalized spacial score (nSPS) is 23.7. The number of benzene rings is 2. The molecular formula is C24H22ClF4NO2. The Morgan fingerprint density at radius 3 is 2.38 bits per heavy atom. The van der Waals surface area contributed by atoms with E-state index in [1.165, 1.54) is 12.1 Å². The number of alkyl halides is 3. The number of halogens is 5. The molecule has 3 nitrogen and oxygen atoms in total. The van der Waals surface area contributed by atoms with E-state index in [9.17, 15) is 27.5 Å². The van der Waals surface area contributed by atoms with Gasteiger partial charge in [-0.2, -0.15) is 13.2 Å². The van der Waals surface area contributed by atoms with Crippen LogP contribution in [0.2, 0.25) is 5.02 Å². The zero-order chi connectivity index (χ0) is 23.4. The third kappa shape index (κ3) is 3.66. The van der Waals surface area contributed by atoms with Crippen LogP contribution in [0.25, 0.3) is 16.7 Å². The largest absolute Gasteiger partial charge is 0.509 e. The van der Waals surface area contributed by atoms with Crippen molar-refractivity contribution in [2.24, 2.45) is 5.92 Å². The number of aliphatic hydroxyl groups is 1. The van der Waals surface area contributed by atoms with E-state index in [2.05, 4.69) is 5.32 Å². The van der Waals surface area contributed by atoms with E-state index < -0.39 is 29.4 Å². The number of aliphatic hydroxyl groups excluding tert-OH is 1. The van der Waals surface area contributed by atoms with Crippen molar-refractivity contribution >= 4 is 23.1 Å². The monoisotopic (exact) mass is 467 g/mol. The standard InChI is InChI=1S/C24H22ClF4NO2/c1-12-3-5-16(14-4-6-17(25)18(26)11-14)13(2)19(12)20-21(31)23(30-22(20)32)9-7-15(8-10-23)24(27,28)29/h3-6,11,15,31H,7-10H2,1-2H3,(H,30,32). The molecule has 1 fully saturated rings. The van der Waals surface area contributed by atoms with Crippen molar-refractivity contribution < 1.29 is 27.5 Å². The average Bonchev–Trinajstić information content (AvgIpc) is 2.94. The van der Waals surface area contributed by atoms with Crippen molar-refractivity contribution in [1.29, 1.82) is 0 Å². The molecule has 1 amide bonds. The lowest BCUT2D eigenvalue weighted by atomic mass is 9.75. The fourth-order valence-electron chi connectivity index (χ4n) is 4.93. The Balaban J connectivity index is 1.78. The second-order valence-electron chi connectivity index (χ2n) is 8.63. The van der Waals surface area contributed by atoms with Gasteiger partial charge >= 0.3 is 6.18 Å². The van der Waals surface area contributed by atoms with E-state index in [-0.39, 0.29) is 42.0 Å². The molecule has 0 aromatic heterocycles. The molecule has 0 saturated heterocycles. The van der Waals surface area contributed by atoms with Gasteiger partial charge in [0.25, 0.3) is 5.91 Å². The first-order chi connectivity index (χ1) is 14.9. The van der Waals surface area contributed by atoms with Gasteiger partial charge in [-0.3, -0.25) is 4.79 Å². The predicted octanol–water partition coefficient (Wildman–Crippen LogP) is 6.65. The summed E-state index contributed by atoms with van der Waals surface area (Å²) in [5, 5.41) is 13.9. The van der Waals surface area contributed by atoms with E-state index in [0.717, 1.165) is 5.56 Å². The molecule has 1 spiro atoms. The van der Waals surface area contributed by atoms with Crippen LogP contribution in [0, 0.1) is 25.6 Å². The molecule has 1 heterocycles. The van der Waals surface area contributed by atoms with E-state index in [0.29, 0.717) is 22.3 Å². The van der Waals surface area contributed by atoms with Crippen LogP contribution >= 0.6 is 11.6 Å². The van der Waals surface area contributed by atoms with Crippen molar-refractivity contribution in [3.05, 3.63) is 63.6 Å². The van der Waals surface area contributed by atoms with Crippen LogP contribution in [0.15, 0.2) is 36.1 Å². The van der Waals surface area contributed by atoms with Gasteiger partial charge in [-0.15, -0.1) is 0 Å². The summed E-state index contributed by atoms with van der Waals surface area (Å²) in [7, 11) is 0. The summed E-state index contributed by atoms with van der Waals surface area (Å²) in [4.78, 5) is 13.0. The smallest absolute Gasteiger partial charge is 0.391 e. The summed E-state index contributed by atoms with van der Waals surface area (Å²) < 4.78 is 53.3. The van der Waals surface area contributed by atoms with Crippen molar-refractivity contribution in [2.75, 3.05) is 0 Å². The zero-order valence-electron chi connectivity index (χ0n) is 17.5. The van der Waals surface area contributed by atoms with E-state index in [4.69, 9.17) is 11.6 Å². The van der Waals surface area contributed by atoms with Gasteiger partial charge < -0.3 is 10.4 Å². The van der Waals surface area contributed by atoms with Gasteiger partial charge in [0.1, 0.15) is 11.6 Å². The Hall–Kier alpha value is -2.54. The predicted molar refractivity (Wildman–Crippen MR) is 115 cm³/mol. The van der Waals surface area contributed by atoms with Crippen LogP contribution in [0.3, 0.4) is 0 Å². The first kappa shape index (κ1) is 22.6. The maximum Gasteiger partial charge on any atom is 0.391 e. The summed E-state index contributed by atoms with van der Waals surface area (Å²) in [6, 6.07) is 7.97. The number of rotatable bonds is 2. The fraction of sp³-hybridized carbons (Fsp3) is 0.375. The summed E-state index contributed by atoms with van der Waals surface area (Å²) in [5.41, 5.74) is 1.99. The Morgan fingerprint density at radius 1 is 1.12 bits per heavy atom. The highest BCUT2D eigenvalue weighted by atomic mass is 35.5. The Morgan fingerprint density at radius 2 is 1.78 bits per heavy atom. The molecule has 1 aliphatic heterocycles. The third-order valence-corrected chi connectivity index (χ3v) is 7.03. The molecule has 2 aromatic rings. The molecule has 2 N–H and O–H groups in total. The highest BCUT2D eigenvalue weighted by molar-refractivity contribution is 6.30. The minimum Gasteiger partial charge on any atom is -0.509 e. The van der Waals surface area contributed by atoms with E-state index in [1.807, 2.05) is 0 Å². The molecule has 0 atom stereocenters. The van der Waals surface area contributed by atoms with Crippen LogP contribution in [-0.2, 0) is 4.79 Å². The number of carbonyl (C=O) groups excluding carboxylic acids is 1. The molecule has 0 bridgehead atoms. The Kier molecular flexibility index (Phi) is 5.52. The van der Waals surface area contributed by atoms with Crippen molar-refractivity contribution in [2.45, 2.75) is 51.2 Å². The maximum atomic E-state index is 14.0. The third-order valence-electron chi connectivity index (χ3n) is 6.73. The molecule has 32 heavy (non-hydrogen) atoms. The van der Waals surface area contributed by atoms with Crippen molar-refractivity contribution in [1.82, 2.24) is 5.32 Å². The molecule has 4 rings (SSSR count). The van der Waals surface area contributed by atoms with E-state index >= 15 is 0 Å². The molecule has 170 valence electrons. The van der Waals surface area contributed by atoms with Crippen LogP contribution in [0.4, 0.5) is 17.6 Å². The summed E-state index contributed by atoms with van der Waals surface area (Å²) >= 11 is 5.79. The SMILES string of the molecule is Cc1ccc(-c2ccc(Cl)c(F)c2)c(C)c1C1=C(O)C2(CCC(C(F)(F)F)CC2)NC1=O. The van der Waals surface area contributed by atoms with Gasteiger partial charge in [-0.25, -0.2) is 4.39 Å². The van der Waals surface area contributed by atoms with Gasteiger partial charge in [-0.1, -0.05) is 29.8 Å². The number of aryl methyl sites for hydroxylation is 1. The molecule has 2 aliphatic rings. The highest BCUT2D eigenvalue weighted by Gasteiger charge is 2.52. The Bertz CT molecular complexity index is 1130. The number of hydrogen-bond acceptors (Lipinski definition) is 2. The first-order valence-corrected chi connectivity index (χ1v) is 10.7. The van der Waals surface area contributed by atoms with Gasteiger partial charge in [-0.05, 0) is 79.5 Å². The van der Waals surface area contributed by atoms with Crippen LogP contribution in [-0.4, -0.2) is 22.7 Å². The lowest BCUT2D eigenvalue weighted by Gasteiger charge is -2.37. The second kappa shape index (κ2) is 7.80. The van der Waals surface area contributed by atoms with Crippen LogP contribution < -0.4 is 5.32 Å². The average molecular weight is 468 g/mol. The van der Waals surface area contributed by atoms with Gasteiger partial charge in [0.15, 0.2) is 0 Å². The lowest BCUT2D eigenvalue weighted by molar-refractivity contribution is -0.184. The molecule has 1 saturated carbocycles. The molecular weight excluding hydrogens is 446 g/mol. The lowest BCUT2D eigenvalue weighted by Crippen LogP contribution is -2.48. The number of hydrogen-bond donors (Lipinski definition) is 2. The quantitative estimate of drug-likeness (QED) is 0.485. The summed E-state index contributed by atoms with van der Waals surface area (Å²) in [5.74, 6) is -2.74. The molecule has 0 radical (unpaired) electrons.